The van der Waals surface area contributed by atoms with Crippen LogP contribution < -0.4 is 10.2 Å². The molecule has 0 fully saturated rings. The van der Waals surface area contributed by atoms with Gasteiger partial charge in [0.25, 0.3) is 0 Å². The second-order valence-electron chi connectivity index (χ2n) is 4.18. The highest BCUT2D eigenvalue weighted by Gasteiger charge is 2.19. The summed E-state index contributed by atoms with van der Waals surface area (Å²) in [5.74, 6) is 0.100. The number of anilines is 1. The molecule has 1 N–H and O–H groups in total. The van der Waals surface area contributed by atoms with Gasteiger partial charge >= 0.3 is 6.03 Å². The Kier molecular flexibility index (Phi) is 6.22. The number of rotatable bonds is 6. The van der Waals surface area contributed by atoms with Crippen molar-refractivity contribution in [2.75, 3.05) is 18.5 Å². The molecule has 1 aromatic rings. The van der Waals surface area contributed by atoms with Crippen LogP contribution in [0.3, 0.4) is 0 Å². The van der Waals surface area contributed by atoms with Gasteiger partial charge in [-0.15, -0.1) is 10.2 Å². The number of hydrogen-bond acceptors (Lipinski definition) is 5. The third-order valence-electron chi connectivity index (χ3n) is 2.73. The summed E-state index contributed by atoms with van der Waals surface area (Å²) in [5.41, 5.74) is 0. The quantitative estimate of drug-likeness (QED) is 0.868. The Labute approximate surface area is 117 Å². The molecule has 2 amide bonds. The molecule has 0 bridgehead atoms. The average Bonchev–Trinajstić information content (AvgIpc) is 2.90. The molecule has 7 heteroatoms. The first-order chi connectivity index (χ1) is 9.13. The maximum absolute atomic E-state index is 11.8. The van der Waals surface area contributed by atoms with Gasteiger partial charge in [0, 0.05) is 25.9 Å². The molecule has 0 spiro atoms. The van der Waals surface area contributed by atoms with E-state index < -0.39 is 0 Å². The number of carbonyl (C=O) groups excluding carboxylic acids is 1. The Morgan fingerprint density at radius 3 is 2.84 bits per heavy atom. The lowest BCUT2D eigenvalue weighted by molar-refractivity contribution is 0.247. The zero-order valence-corrected chi connectivity index (χ0v) is 12.3. The monoisotopic (exact) mass is 281 g/mol. The molecule has 0 aliphatic heterocycles. The van der Waals surface area contributed by atoms with E-state index in [1.165, 1.54) is 16.2 Å². The largest absolute Gasteiger partial charge is 0.338 e. The van der Waals surface area contributed by atoms with Gasteiger partial charge in [-0.1, -0.05) is 25.2 Å². The summed E-state index contributed by atoms with van der Waals surface area (Å²) in [7, 11) is 1.67. The summed E-state index contributed by atoms with van der Waals surface area (Å²) in [6.07, 6.45) is 2.16. The fraction of sp³-hybridized carbons (Fsp3) is 0.667. The van der Waals surface area contributed by atoms with Crippen molar-refractivity contribution in [3.05, 3.63) is 5.01 Å². The van der Waals surface area contributed by atoms with Crippen LogP contribution in [0.5, 0.6) is 0 Å². The van der Waals surface area contributed by atoms with Gasteiger partial charge in [-0.05, 0) is 12.8 Å². The van der Waals surface area contributed by atoms with Crippen LogP contribution in [-0.2, 0) is 0 Å². The highest BCUT2D eigenvalue weighted by atomic mass is 32.1. The molecule has 0 saturated heterocycles. The van der Waals surface area contributed by atoms with E-state index >= 15 is 0 Å². The first-order valence-electron chi connectivity index (χ1n) is 6.35. The summed E-state index contributed by atoms with van der Waals surface area (Å²) in [6, 6.07) is 1.97. The van der Waals surface area contributed by atoms with Crippen molar-refractivity contribution in [3.8, 4) is 6.07 Å². The van der Waals surface area contributed by atoms with Crippen LogP contribution >= 0.6 is 11.3 Å². The van der Waals surface area contributed by atoms with E-state index in [1.54, 1.807) is 7.05 Å². The van der Waals surface area contributed by atoms with Crippen molar-refractivity contribution >= 4 is 22.5 Å². The fourth-order valence-electron chi connectivity index (χ4n) is 1.48. The van der Waals surface area contributed by atoms with Gasteiger partial charge < -0.3 is 5.32 Å². The summed E-state index contributed by atoms with van der Waals surface area (Å²) in [4.78, 5) is 13.2. The molecule has 0 radical (unpaired) electrons. The average molecular weight is 281 g/mol. The maximum atomic E-state index is 11.8. The molecule has 1 rings (SSSR count). The number of nitrogens with one attached hydrogen (secondary N) is 1. The van der Waals surface area contributed by atoms with Crippen LogP contribution in [0, 0.1) is 11.3 Å². The summed E-state index contributed by atoms with van der Waals surface area (Å²) in [6.45, 7) is 4.65. The predicted octanol–water partition coefficient (Wildman–Crippen LogP) is 2.50. The second-order valence-corrected chi connectivity index (χ2v) is 5.17. The summed E-state index contributed by atoms with van der Waals surface area (Å²) < 4.78 is 0. The van der Waals surface area contributed by atoms with Gasteiger partial charge in [-0.2, -0.15) is 5.26 Å². The Balaban J connectivity index is 2.73. The van der Waals surface area contributed by atoms with Gasteiger partial charge in [-0.25, -0.2) is 4.79 Å². The lowest BCUT2D eigenvalue weighted by atomic mass is 10.1. The molecule has 0 aromatic carbocycles. The normalized spacial score (nSPS) is 11.7. The minimum Gasteiger partial charge on any atom is -0.338 e. The minimum atomic E-state index is -0.183. The zero-order valence-electron chi connectivity index (χ0n) is 11.5. The fourth-order valence-corrected chi connectivity index (χ4v) is 2.47. The van der Waals surface area contributed by atoms with Crippen molar-refractivity contribution in [2.24, 2.45) is 0 Å². The molecule has 104 valence electrons. The maximum Gasteiger partial charge on any atom is 0.323 e. The first-order valence-corrected chi connectivity index (χ1v) is 7.17. The molecule has 6 nitrogen and oxygen atoms in total. The zero-order chi connectivity index (χ0) is 14.3. The number of nitrogens with zero attached hydrogens (tertiary/aromatic N) is 4. The highest BCUT2D eigenvalue weighted by Crippen LogP contribution is 2.29. The smallest absolute Gasteiger partial charge is 0.323 e. The summed E-state index contributed by atoms with van der Waals surface area (Å²) >= 11 is 1.37. The molecule has 0 aliphatic rings. The van der Waals surface area contributed by atoms with Crippen molar-refractivity contribution < 1.29 is 4.79 Å². The van der Waals surface area contributed by atoms with E-state index in [-0.39, 0.29) is 11.9 Å². The lowest BCUT2D eigenvalue weighted by Crippen LogP contribution is -2.37. The first kappa shape index (κ1) is 15.4. The molecule has 1 atom stereocenters. The van der Waals surface area contributed by atoms with E-state index in [2.05, 4.69) is 21.6 Å². The van der Waals surface area contributed by atoms with Gasteiger partial charge in [-0.3, -0.25) is 4.90 Å². The van der Waals surface area contributed by atoms with Crippen molar-refractivity contribution in [1.82, 2.24) is 15.5 Å². The molecule has 19 heavy (non-hydrogen) atoms. The van der Waals surface area contributed by atoms with Crippen molar-refractivity contribution in [2.45, 2.75) is 39.0 Å². The van der Waals surface area contributed by atoms with Crippen molar-refractivity contribution in [3.63, 3.8) is 0 Å². The topological polar surface area (TPSA) is 81.9 Å². The van der Waals surface area contributed by atoms with E-state index in [9.17, 15) is 4.79 Å². The van der Waals surface area contributed by atoms with Crippen LogP contribution in [0.15, 0.2) is 0 Å². The van der Waals surface area contributed by atoms with E-state index in [4.69, 9.17) is 5.26 Å². The van der Waals surface area contributed by atoms with Crippen LogP contribution in [0.2, 0.25) is 0 Å². The van der Waals surface area contributed by atoms with Crippen molar-refractivity contribution in [1.29, 1.82) is 5.26 Å². The number of amides is 2. The lowest BCUT2D eigenvalue weighted by Gasteiger charge is -2.13. The van der Waals surface area contributed by atoms with E-state index in [1.807, 2.05) is 13.8 Å². The molecule has 1 unspecified atom stereocenters. The van der Waals surface area contributed by atoms with Crippen LogP contribution in [0.4, 0.5) is 9.93 Å². The third-order valence-corrected chi connectivity index (χ3v) is 3.89. The van der Waals surface area contributed by atoms with Gasteiger partial charge in [0.2, 0.25) is 5.13 Å². The Hall–Kier alpha value is -1.68. The number of aromatic nitrogens is 2. The molecule has 1 heterocycles. The Bertz CT molecular complexity index is 453. The standard InChI is InChI=1S/C12H19N5OS/c1-4-8-14-11(18)17(3)12-16-15-10(19-12)9(5-2)6-7-13/h9H,4-6,8H2,1-3H3,(H,14,18). The van der Waals surface area contributed by atoms with E-state index in [0.717, 1.165) is 17.8 Å². The second kappa shape index (κ2) is 7.69. The predicted molar refractivity (Wildman–Crippen MR) is 75.3 cm³/mol. The molecule has 0 saturated carbocycles. The van der Waals surface area contributed by atoms with Gasteiger partial charge in [0.05, 0.1) is 6.07 Å². The Morgan fingerprint density at radius 2 is 2.26 bits per heavy atom. The number of nitriles is 1. The number of urea groups is 1. The highest BCUT2D eigenvalue weighted by molar-refractivity contribution is 7.15. The molecular formula is C12H19N5OS. The van der Waals surface area contributed by atoms with Crippen LogP contribution in [-0.4, -0.2) is 29.8 Å². The van der Waals surface area contributed by atoms with Crippen LogP contribution in [0.1, 0.15) is 44.0 Å². The SMILES string of the molecule is CCCNC(=O)N(C)c1nnc(C(CC)CC#N)s1. The number of carbonyl (C=O) groups is 1. The van der Waals surface area contributed by atoms with Crippen LogP contribution in [0.25, 0.3) is 0 Å². The van der Waals surface area contributed by atoms with E-state index in [0.29, 0.717) is 18.1 Å². The minimum absolute atomic E-state index is 0.100. The number of hydrogen-bond donors (Lipinski definition) is 1. The van der Waals surface area contributed by atoms with Gasteiger partial charge in [0.1, 0.15) is 5.01 Å². The molecular weight excluding hydrogens is 262 g/mol. The Morgan fingerprint density at radius 1 is 1.53 bits per heavy atom. The third kappa shape index (κ3) is 4.17. The summed E-state index contributed by atoms with van der Waals surface area (Å²) in [5, 5.41) is 21.0. The molecule has 0 aliphatic carbocycles. The van der Waals surface area contributed by atoms with Gasteiger partial charge in [0.15, 0.2) is 0 Å². The molecule has 1 aromatic heterocycles.